The molecule has 0 aromatic heterocycles. The van der Waals surface area contributed by atoms with Gasteiger partial charge in [0.05, 0.1) is 5.41 Å². The van der Waals surface area contributed by atoms with Gasteiger partial charge in [0.25, 0.3) is 0 Å². The molecule has 0 fully saturated rings. The largest absolute Gasteiger partial charge is 0.0719 e. The second-order valence-corrected chi connectivity index (χ2v) is 9.45. The zero-order valence-corrected chi connectivity index (χ0v) is 18.2. The number of halogens is 2. The molecule has 0 nitrogen and oxygen atoms in total. The standard InChI is InChI=1S/C26H16Br2/c27-18-11-9-16-13-17-10-12-19(28)15-25(17)26(24(16)14-18)22-7-3-1-5-20(22)21-6-2-4-8-23(21)26/h1-12,14-15H,13H2. The van der Waals surface area contributed by atoms with Crippen LogP contribution in [-0.2, 0) is 11.8 Å². The van der Waals surface area contributed by atoms with Gasteiger partial charge in [-0.25, -0.2) is 0 Å². The van der Waals surface area contributed by atoms with Gasteiger partial charge in [-0.05, 0) is 75.2 Å². The van der Waals surface area contributed by atoms with E-state index in [1.54, 1.807) is 0 Å². The molecule has 1 spiro atoms. The highest BCUT2D eigenvalue weighted by Crippen LogP contribution is 2.59. The minimum atomic E-state index is -0.274. The van der Waals surface area contributed by atoms with Crippen molar-refractivity contribution in [3.8, 4) is 11.1 Å². The lowest BCUT2D eigenvalue weighted by atomic mass is 9.61. The molecular formula is C26H16Br2. The van der Waals surface area contributed by atoms with Crippen molar-refractivity contribution in [2.45, 2.75) is 11.8 Å². The van der Waals surface area contributed by atoms with Gasteiger partial charge < -0.3 is 0 Å². The number of benzene rings is 4. The predicted octanol–water partition coefficient (Wildman–Crippen LogP) is 7.48. The summed E-state index contributed by atoms with van der Waals surface area (Å²) in [6.45, 7) is 0. The Labute approximate surface area is 181 Å². The van der Waals surface area contributed by atoms with Gasteiger partial charge in [-0.1, -0.05) is 92.5 Å². The number of rotatable bonds is 0. The van der Waals surface area contributed by atoms with E-state index in [0.29, 0.717) is 0 Å². The highest BCUT2D eigenvalue weighted by Gasteiger charge is 2.49. The normalized spacial score (nSPS) is 14.9. The molecule has 2 heteroatoms. The molecule has 0 saturated carbocycles. The zero-order chi connectivity index (χ0) is 18.9. The minimum Gasteiger partial charge on any atom is -0.0619 e. The lowest BCUT2D eigenvalue weighted by molar-refractivity contribution is 0.720. The molecule has 4 aromatic carbocycles. The van der Waals surface area contributed by atoms with Gasteiger partial charge in [-0.15, -0.1) is 0 Å². The van der Waals surface area contributed by atoms with Crippen LogP contribution in [0.3, 0.4) is 0 Å². The average molecular weight is 488 g/mol. The predicted molar refractivity (Wildman–Crippen MR) is 122 cm³/mol. The minimum absolute atomic E-state index is 0.274. The summed E-state index contributed by atoms with van der Waals surface area (Å²) >= 11 is 7.49. The molecule has 0 bridgehead atoms. The second kappa shape index (κ2) is 5.92. The SMILES string of the molecule is Brc1ccc2c(c1)C1(c3cc(Br)ccc3C2)c2ccccc2-c2ccccc21. The Kier molecular flexibility index (Phi) is 3.54. The first kappa shape index (κ1) is 16.8. The van der Waals surface area contributed by atoms with Crippen molar-refractivity contribution >= 4 is 31.9 Å². The van der Waals surface area contributed by atoms with Crippen LogP contribution in [0, 0.1) is 0 Å². The van der Waals surface area contributed by atoms with E-state index in [0.717, 1.165) is 15.4 Å². The van der Waals surface area contributed by atoms with Gasteiger partial charge in [-0.3, -0.25) is 0 Å². The molecular weight excluding hydrogens is 472 g/mol. The fourth-order valence-corrected chi connectivity index (χ4v) is 5.99. The summed E-state index contributed by atoms with van der Waals surface area (Å²) in [4.78, 5) is 0. The fourth-order valence-electron chi connectivity index (χ4n) is 5.27. The van der Waals surface area contributed by atoms with E-state index in [-0.39, 0.29) is 5.41 Å². The monoisotopic (exact) mass is 486 g/mol. The zero-order valence-electron chi connectivity index (χ0n) is 15.0. The third-order valence-electron chi connectivity index (χ3n) is 6.29. The van der Waals surface area contributed by atoms with Gasteiger partial charge in [0.2, 0.25) is 0 Å². The Morgan fingerprint density at radius 1 is 0.536 bits per heavy atom. The lowest BCUT2D eigenvalue weighted by Crippen LogP contribution is -2.34. The molecule has 0 aliphatic heterocycles. The molecule has 4 aromatic rings. The van der Waals surface area contributed by atoms with Crippen LogP contribution in [0.25, 0.3) is 11.1 Å². The summed E-state index contributed by atoms with van der Waals surface area (Å²) in [5.74, 6) is 0. The van der Waals surface area contributed by atoms with Crippen LogP contribution in [0.4, 0.5) is 0 Å². The summed E-state index contributed by atoms with van der Waals surface area (Å²) in [6.07, 6.45) is 0.970. The molecule has 0 amide bonds. The van der Waals surface area contributed by atoms with Gasteiger partial charge in [0, 0.05) is 8.95 Å². The van der Waals surface area contributed by atoms with Crippen LogP contribution in [-0.4, -0.2) is 0 Å². The summed E-state index contributed by atoms with van der Waals surface area (Å²) in [5, 5.41) is 0. The third-order valence-corrected chi connectivity index (χ3v) is 7.27. The molecule has 0 saturated heterocycles. The first-order chi connectivity index (χ1) is 13.7. The van der Waals surface area contributed by atoms with Crippen LogP contribution in [0.2, 0.25) is 0 Å². The Balaban J connectivity index is 1.86. The quantitative estimate of drug-likeness (QED) is 0.208. The van der Waals surface area contributed by atoms with E-state index in [2.05, 4.69) is 117 Å². The molecule has 0 N–H and O–H groups in total. The van der Waals surface area contributed by atoms with Crippen molar-refractivity contribution in [3.63, 3.8) is 0 Å². The maximum Gasteiger partial charge on any atom is 0.0719 e. The molecule has 0 heterocycles. The van der Waals surface area contributed by atoms with Crippen molar-refractivity contribution < 1.29 is 0 Å². The number of hydrogen-bond donors (Lipinski definition) is 0. The summed E-state index contributed by atoms with van der Waals surface area (Å²) in [7, 11) is 0. The maximum absolute atomic E-state index is 3.75. The lowest BCUT2D eigenvalue weighted by Gasteiger charge is -2.40. The maximum atomic E-state index is 3.75. The van der Waals surface area contributed by atoms with E-state index in [9.17, 15) is 0 Å². The smallest absolute Gasteiger partial charge is 0.0619 e. The van der Waals surface area contributed by atoms with E-state index in [4.69, 9.17) is 0 Å². The molecule has 134 valence electrons. The van der Waals surface area contributed by atoms with Crippen molar-refractivity contribution in [1.29, 1.82) is 0 Å². The fraction of sp³-hybridized carbons (Fsp3) is 0.0769. The first-order valence-corrected chi connectivity index (χ1v) is 11.1. The third kappa shape index (κ3) is 2.05. The Bertz CT molecular complexity index is 1170. The number of hydrogen-bond acceptors (Lipinski definition) is 0. The van der Waals surface area contributed by atoms with Gasteiger partial charge in [-0.2, -0.15) is 0 Å². The highest BCUT2D eigenvalue weighted by molar-refractivity contribution is 9.10. The van der Waals surface area contributed by atoms with Crippen molar-refractivity contribution in [2.24, 2.45) is 0 Å². The molecule has 2 aliphatic rings. The number of fused-ring (bicyclic) bond motifs is 9. The topological polar surface area (TPSA) is 0 Å². The second-order valence-electron chi connectivity index (χ2n) is 7.62. The van der Waals surface area contributed by atoms with Gasteiger partial charge in [0.1, 0.15) is 0 Å². The van der Waals surface area contributed by atoms with Crippen LogP contribution in [0.5, 0.6) is 0 Å². The molecule has 6 rings (SSSR count). The summed E-state index contributed by atoms with van der Waals surface area (Å²) in [6, 6.07) is 31.4. The Hall–Kier alpha value is -2.16. The molecule has 0 atom stereocenters. The van der Waals surface area contributed by atoms with E-state index in [1.807, 2.05) is 0 Å². The summed E-state index contributed by atoms with van der Waals surface area (Å²) in [5.41, 5.74) is 10.8. The van der Waals surface area contributed by atoms with Crippen LogP contribution in [0.1, 0.15) is 33.4 Å². The van der Waals surface area contributed by atoms with E-state index >= 15 is 0 Å². The first-order valence-electron chi connectivity index (χ1n) is 9.47. The van der Waals surface area contributed by atoms with Crippen LogP contribution in [0.15, 0.2) is 93.9 Å². The van der Waals surface area contributed by atoms with Crippen molar-refractivity contribution in [1.82, 2.24) is 0 Å². The molecule has 0 unspecified atom stereocenters. The Morgan fingerprint density at radius 2 is 1.00 bits per heavy atom. The van der Waals surface area contributed by atoms with E-state index in [1.165, 1.54) is 44.5 Å². The van der Waals surface area contributed by atoms with Crippen molar-refractivity contribution in [3.05, 3.63) is 127 Å². The molecule has 2 aliphatic carbocycles. The summed E-state index contributed by atoms with van der Waals surface area (Å²) < 4.78 is 2.26. The van der Waals surface area contributed by atoms with E-state index < -0.39 is 0 Å². The van der Waals surface area contributed by atoms with Crippen LogP contribution >= 0.6 is 31.9 Å². The average Bonchev–Trinajstić information content (AvgIpc) is 3.01. The molecule has 28 heavy (non-hydrogen) atoms. The Morgan fingerprint density at radius 3 is 1.50 bits per heavy atom. The van der Waals surface area contributed by atoms with Crippen LogP contribution < -0.4 is 0 Å². The highest BCUT2D eigenvalue weighted by atomic mass is 79.9. The van der Waals surface area contributed by atoms with Gasteiger partial charge in [0.15, 0.2) is 0 Å². The molecule has 0 radical (unpaired) electrons. The van der Waals surface area contributed by atoms with Crippen molar-refractivity contribution in [2.75, 3.05) is 0 Å². The van der Waals surface area contributed by atoms with Gasteiger partial charge >= 0.3 is 0 Å².